The van der Waals surface area contributed by atoms with Crippen molar-refractivity contribution in [3.63, 3.8) is 0 Å². The van der Waals surface area contributed by atoms with Crippen molar-refractivity contribution in [3.05, 3.63) is 63.7 Å². The number of ketones is 1. The number of hydrogen-bond acceptors (Lipinski definition) is 1. The van der Waals surface area contributed by atoms with Crippen molar-refractivity contribution >= 4 is 48.8 Å². The maximum Gasteiger partial charge on any atom is 0.177 e. The van der Waals surface area contributed by atoms with Crippen LogP contribution in [0.25, 0.3) is 27.1 Å². The molecule has 4 aliphatic carbocycles. The van der Waals surface area contributed by atoms with Crippen molar-refractivity contribution in [2.24, 2.45) is 0 Å². The molecule has 0 aliphatic heterocycles. The highest BCUT2D eigenvalue weighted by Gasteiger charge is 2.50. The molecule has 0 radical (unpaired) electrons. The van der Waals surface area contributed by atoms with E-state index in [4.69, 9.17) is 0 Å². The van der Waals surface area contributed by atoms with Crippen LogP contribution in [-0.2, 0) is 28.4 Å². The summed E-state index contributed by atoms with van der Waals surface area (Å²) < 4.78 is -0.527. The van der Waals surface area contributed by atoms with E-state index in [1.54, 1.807) is 0 Å². The zero-order chi connectivity index (χ0) is 15.1. The topological polar surface area (TPSA) is 17.1 Å². The molecule has 1 atom stereocenters. The van der Waals surface area contributed by atoms with Gasteiger partial charge in [-0.3, -0.25) is 4.79 Å². The summed E-state index contributed by atoms with van der Waals surface area (Å²) in [7, 11) is 0. The first-order chi connectivity index (χ1) is 11.2. The van der Waals surface area contributed by atoms with Crippen molar-refractivity contribution in [3.8, 4) is 0 Å². The Morgan fingerprint density at radius 1 is 0.826 bits per heavy atom. The van der Waals surface area contributed by atoms with E-state index < -0.39 is 4.32 Å². The van der Waals surface area contributed by atoms with Crippen LogP contribution >= 0.6 is 15.9 Å². The molecular formula is C21H11BrO. The van der Waals surface area contributed by atoms with E-state index in [2.05, 4.69) is 40.2 Å². The minimum Gasteiger partial charge on any atom is -0.293 e. The molecule has 0 aromatic heterocycles. The van der Waals surface area contributed by atoms with Gasteiger partial charge < -0.3 is 0 Å². The quantitative estimate of drug-likeness (QED) is 0.332. The smallest absolute Gasteiger partial charge is 0.177 e. The van der Waals surface area contributed by atoms with E-state index >= 15 is 0 Å². The van der Waals surface area contributed by atoms with Crippen LogP contribution in [0.3, 0.4) is 0 Å². The summed E-state index contributed by atoms with van der Waals surface area (Å²) in [6.07, 6.45) is 4.64. The van der Waals surface area contributed by atoms with Crippen LogP contribution in [0.1, 0.15) is 33.4 Å². The molecule has 0 bridgehead atoms. The summed E-state index contributed by atoms with van der Waals surface area (Å²) in [6, 6.07) is 9.13. The summed E-state index contributed by atoms with van der Waals surface area (Å²) in [6.45, 7) is 0. The predicted molar refractivity (Wildman–Crippen MR) is 95.3 cm³/mol. The van der Waals surface area contributed by atoms with Gasteiger partial charge in [0, 0.05) is 0 Å². The number of carbonyl (C=O) groups excluding carboxylic acids is 1. The van der Waals surface area contributed by atoms with E-state index in [9.17, 15) is 4.79 Å². The van der Waals surface area contributed by atoms with Crippen LogP contribution in [-0.4, -0.2) is 5.78 Å². The highest BCUT2D eigenvalue weighted by molar-refractivity contribution is 9.10. The average molecular weight is 359 g/mol. The molecule has 2 heteroatoms. The van der Waals surface area contributed by atoms with Crippen molar-refractivity contribution < 1.29 is 4.79 Å². The highest BCUT2D eigenvalue weighted by Crippen LogP contribution is 2.60. The zero-order valence-corrected chi connectivity index (χ0v) is 13.9. The van der Waals surface area contributed by atoms with Crippen LogP contribution in [0.5, 0.6) is 0 Å². The van der Waals surface area contributed by atoms with Crippen LogP contribution in [0.4, 0.5) is 0 Å². The summed E-state index contributed by atoms with van der Waals surface area (Å²) in [5.74, 6) is 0.227. The Balaban J connectivity index is 1.93. The first-order valence-electron chi connectivity index (χ1n) is 8.16. The molecule has 3 aromatic carbocycles. The van der Waals surface area contributed by atoms with Gasteiger partial charge >= 0.3 is 0 Å². The van der Waals surface area contributed by atoms with Gasteiger partial charge in [0.25, 0.3) is 0 Å². The maximum atomic E-state index is 12.9. The van der Waals surface area contributed by atoms with Gasteiger partial charge in [-0.05, 0) is 85.8 Å². The molecule has 1 nitrogen and oxygen atoms in total. The Morgan fingerprint density at radius 2 is 1.48 bits per heavy atom. The van der Waals surface area contributed by atoms with Gasteiger partial charge in [0.05, 0.1) is 0 Å². The third-order valence-electron chi connectivity index (χ3n) is 6.36. The second-order valence-electron chi connectivity index (χ2n) is 7.38. The highest BCUT2D eigenvalue weighted by atomic mass is 79.9. The molecule has 23 heavy (non-hydrogen) atoms. The number of carbonyl (C=O) groups is 1. The zero-order valence-electron chi connectivity index (χ0n) is 12.3. The fraction of sp³-hybridized carbons (Fsp3) is 0.190. The van der Waals surface area contributed by atoms with Crippen LogP contribution in [0.2, 0.25) is 0 Å². The largest absolute Gasteiger partial charge is 0.293 e. The minimum atomic E-state index is -0.527. The summed E-state index contributed by atoms with van der Waals surface area (Å²) in [5.41, 5.74) is 9.52. The lowest BCUT2D eigenvalue weighted by Crippen LogP contribution is -2.30. The van der Waals surface area contributed by atoms with E-state index in [1.807, 2.05) is 6.08 Å². The minimum absolute atomic E-state index is 0.227. The number of hydrogen-bond donors (Lipinski definition) is 0. The van der Waals surface area contributed by atoms with Crippen molar-refractivity contribution in [2.75, 3.05) is 0 Å². The van der Waals surface area contributed by atoms with Crippen molar-refractivity contribution in [1.82, 2.24) is 0 Å². The lowest BCUT2D eigenvalue weighted by Gasteiger charge is -2.27. The van der Waals surface area contributed by atoms with Gasteiger partial charge in [0.1, 0.15) is 4.32 Å². The summed E-state index contributed by atoms with van der Waals surface area (Å²) in [4.78, 5) is 12.9. The first-order valence-corrected chi connectivity index (χ1v) is 8.96. The van der Waals surface area contributed by atoms with Gasteiger partial charge in [-0.2, -0.15) is 0 Å². The van der Waals surface area contributed by atoms with Crippen LogP contribution in [0.15, 0.2) is 30.3 Å². The second kappa shape index (κ2) is 3.16. The molecule has 0 spiro atoms. The molecule has 0 N–H and O–H groups in total. The number of allylic oxidation sites excluding steroid dienone is 2. The molecule has 0 heterocycles. The van der Waals surface area contributed by atoms with Crippen molar-refractivity contribution in [1.29, 1.82) is 0 Å². The Hall–Kier alpha value is -1.93. The molecular weight excluding hydrogens is 348 g/mol. The molecule has 0 unspecified atom stereocenters. The molecule has 0 saturated heterocycles. The SMILES string of the molecule is O=C1C=C2Cc3ccc4c5c3c2c2c3c(ccc(c35)C4)C[C@]12Br. The lowest BCUT2D eigenvalue weighted by molar-refractivity contribution is -0.116. The Morgan fingerprint density at radius 3 is 2.26 bits per heavy atom. The normalized spacial score (nSPS) is 24.7. The molecule has 7 rings (SSSR count). The summed E-state index contributed by atoms with van der Waals surface area (Å²) in [5, 5.41) is 5.72. The molecule has 3 aromatic rings. The second-order valence-corrected chi connectivity index (χ2v) is 8.74. The third kappa shape index (κ3) is 0.997. The van der Waals surface area contributed by atoms with E-state index in [1.165, 1.54) is 60.5 Å². The molecule has 4 aliphatic rings. The predicted octanol–water partition coefficient (Wildman–Crippen LogP) is 4.57. The Labute approximate surface area is 141 Å². The van der Waals surface area contributed by atoms with E-state index in [-0.39, 0.29) is 5.78 Å². The molecule has 0 amide bonds. The lowest BCUT2D eigenvalue weighted by atomic mass is 9.82. The van der Waals surface area contributed by atoms with E-state index in [0.29, 0.717) is 0 Å². The summed E-state index contributed by atoms with van der Waals surface area (Å²) >= 11 is 3.87. The first kappa shape index (κ1) is 11.6. The van der Waals surface area contributed by atoms with Gasteiger partial charge in [-0.25, -0.2) is 0 Å². The number of halogens is 1. The Bertz CT molecular complexity index is 1210. The fourth-order valence-electron chi connectivity index (χ4n) is 5.53. The number of alkyl halides is 1. The monoisotopic (exact) mass is 358 g/mol. The molecule has 108 valence electrons. The van der Waals surface area contributed by atoms with Gasteiger partial charge in [0.2, 0.25) is 0 Å². The standard InChI is InChI=1S/C21H11BrO/c22-21-8-12-4-3-10-5-9-1-2-11-6-13(7-14(21)23)19-17(11)15(9)16(10)18(12)20(19)21/h1-4,7H,5-6,8H2/t21-/m0/s1. The maximum absolute atomic E-state index is 12.9. The average Bonchev–Trinajstić information content (AvgIpc) is 3.15. The third-order valence-corrected chi connectivity index (χ3v) is 7.43. The fourth-order valence-corrected chi connectivity index (χ4v) is 6.35. The van der Waals surface area contributed by atoms with Gasteiger partial charge in [-0.15, -0.1) is 0 Å². The van der Waals surface area contributed by atoms with Gasteiger partial charge in [0.15, 0.2) is 5.78 Å². The number of benzene rings is 3. The number of rotatable bonds is 0. The molecule has 0 saturated carbocycles. The van der Waals surface area contributed by atoms with E-state index in [0.717, 1.165) is 19.3 Å². The van der Waals surface area contributed by atoms with Crippen LogP contribution in [0, 0.1) is 0 Å². The van der Waals surface area contributed by atoms with Gasteiger partial charge in [-0.1, -0.05) is 40.2 Å². The van der Waals surface area contributed by atoms with Crippen LogP contribution < -0.4 is 0 Å². The van der Waals surface area contributed by atoms with Crippen molar-refractivity contribution in [2.45, 2.75) is 23.6 Å². The molecule has 0 fully saturated rings. The Kier molecular flexibility index (Phi) is 1.59.